The molecule has 0 radical (unpaired) electrons. The molecule has 2 heterocycles. The molecule has 0 aliphatic heterocycles. The number of hydrogen-bond acceptors (Lipinski definition) is 3. The van der Waals surface area contributed by atoms with Crippen LogP contribution in [0.1, 0.15) is 21.7 Å². The van der Waals surface area contributed by atoms with Gasteiger partial charge in [-0.15, -0.1) is 11.3 Å². The normalized spacial score (nSPS) is 13.7. The van der Waals surface area contributed by atoms with Crippen molar-refractivity contribution in [2.24, 2.45) is 0 Å². The van der Waals surface area contributed by atoms with Crippen LogP contribution in [-0.2, 0) is 19.4 Å². The van der Waals surface area contributed by atoms with E-state index in [-0.39, 0.29) is 0 Å². The maximum absolute atomic E-state index is 4.30. The van der Waals surface area contributed by atoms with Crippen LogP contribution >= 0.6 is 27.3 Å². The molecule has 3 rings (SSSR count). The third kappa shape index (κ3) is 2.53. The molecule has 0 saturated heterocycles. The van der Waals surface area contributed by atoms with Gasteiger partial charge in [0.05, 0.1) is 6.54 Å². The van der Waals surface area contributed by atoms with Gasteiger partial charge in [0, 0.05) is 20.4 Å². The van der Waals surface area contributed by atoms with Crippen LogP contribution in [0, 0.1) is 0 Å². The standard InChI is InChI=1S/C13H13BrN2S/c14-10-4-5-13(15-7-10)16-8-11-6-9-2-1-3-12(9)17-11/h4-7H,1-3,8H2,(H,15,16). The van der Waals surface area contributed by atoms with E-state index in [2.05, 4.69) is 32.3 Å². The number of fused-ring (bicyclic) bond motifs is 1. The molecular weight excluding hydrogens is 296 g/mol. The first-order valence-electron chi connectivity index (χ1n) is 5.77. The summed E-state index contributed by atoms with van der Waals surface area (Å²) < 4.78 is 1.01. The fraction of sp³-hybridized carbons (Fsp3) is 0.308. The zero-order valence-corrected chi connectivity index (χ0v) is 11.8. The molecule has 1 aliphatic rings. The van der Waals surface area contributed by atoms with E-state index in [0.29, 0.717) is 0 Å². The second kappa shape index (κ2) is 4.78. The van der Waals surface area contributed by atoms with Crippen LogP contribution in [0.15, 0.2) is 28.9 Å². The van der Waals surface area contributed by atoms with Crippen molar-refractivity contribution in [1.82, 2.24) is 4.98 Å². The number of anilines is 1. The maximum Gasteiger partial charge on any atom is 0.126 e. The SMILES string of the molecule is Brc1ccc(NCc2cc3c(s2)CCC3)nc1. The predicted octanol–water partition coefficient (Wildman–Crippen LogP) is 4.01. The van der Waals surface area contributed by atoms with Crippen molar-refractivity contribution in [2.75, 3.05) is 5.32 Å². The Kier molecular flexibility index (Phi) is 3.16. The second-order valence-electron chi connectivity index (χ2n) is 4.23. The van der Waals surface area contributed by atoms with Crippen LogP contribution < -0.4 is 5.32 Å². The first-order valence-corrected chi connectivity index (χ1v) is 7.38. The zero-order valence-electron chi connectivity index (χ0n) is 9.37. The van der Waals surface area contributed by atoms with Gasteiger partial charge in [-0.3, -0.25) is 0 Å². The Hall–Kier alpha value is -0.870. The summed E-state index contributed by atoms with van der Waals surface area (Å²) in [7, 11) is 0. The summed E-state index contributed by atoms with van der Waals surface area (Å²) in [5.74, 6) is 0.932. The molecule has 0 atom stereocenters. The van der Waals surface area contributed by atoms with Gasteiger partial charge in [0.2, 0.25) is 0 Å². The summed E-state index contributed by atoms with van der Waals surface area (Å²) >= 11 is 5.33. The zero-order chi connectivity index (χ0) is 11.7. The molecule has 0 fully saturated rings. The molecule has 0 bridgehead atoms. The van der Waals surface area contributed by atoms with E-state index >= 15 is 0 Å². The third-order valence-corrected chi connectivity index (χ3v) is 4.67. The van der Waals surface area contributed by atoms with Gasteiger partial charge < -0.3 is 5.32 Å². The minimum Gasteiger partial charge on any atom is -0.365 e. The van der Waals surface area contributed by atoms with Gasteiger partial charge in [0.1, 0.15) is 5.82 Å². The summed E-state index contributed by atoms with van der Waals surface area (Å²) in [5, 5.41) is 3.36. The van der Waals surface area contributed by atoms with E-state index < -0.39 is 0 Å². The quantitative estimate of drug-likeness (QED) is 0.927. The highest BCUT2D eigenvalue weighted by molar-refractivity contribution is 9.10. The van der Waals surface area contributed by atoms with Crippen molar-refractivity contribution in [3.63, 3.8) is 0 Å². The van der Waals surface area contributed by atoms with Gasteiger partial charge in [-0.2, -0.15) is 0 Å². The van der Waals surface area contributed by atoms with Crippen LogP contribution in [-0.4, -0.2) is 4.98 Å². The van der Waals surface area contributed by atoms with Crippen molar-refractivity contribution >= 4 is 33.1 Å². The number of aromatic nitrogens is 1. The molecule has 1 aliphatic carbocycles. The second-order valence-corrected chi connectivity index (χ2v) is 6.37. The van der Waals surface area contributed by atoms with Gasteiger partial charge in [0.15, 0.2) is 0 Å². The van der Waals surface area contributed by atoms with Crippen molar-refractivity contribution in [3.8, 4) is 0 Å². The van der Waals surface area contributed by atoms with Gasteiger partial charge in [-0.25, -0.2) is 4.98 Å². The summed E-state index contributed by atoms with van der Waals surface area (Å²) in [5.41, 5.74) is 1.57. The average Bonchev–Trinajstić information content (AvgIpc) is 2.88. The minimum absolute atomic E-state index is 0.881. The number of pyridine rings is 1. The number of thiophene rings is 1. The molecular formula is C13H13BrN2S. The van der Waals surface area contributed by atoms with Gasteiger partial charge >= 0.3 is 0 Å². The fourth-order valence-electron chi connectivity index (χ4n) is 2.14. The summed E-state index contributed by atoms with van der Waals surface area (Å²) in [6.07, 6.45) is 5.69. The van der Waals surface area contributed by atoms with Gasteiger partial charge in [-0.05, 0) is 59.0 Å². The Morgan fingerprint density at radius 3 is 3.06 bits per heavy atom. The average molecular weight is 309 g/mol. The Morgan fingerprint density at radius 1 is 1.35 bits per heavy atom. The Labute approximate surface area is 113 Å². The van der Waals surface area contributed by atoms with Crippen LogP contribution in [0.4, 0.5) is 5.82 Å². The molecule has 0 amide bonds. The Balaban J connectivity index is 1.65. The topological polar surface area (TPSA) is 24.9 Å². The van der Waals surface area contributed by atoms with Gasteiger partial charge in [-0.1, -0.05) is 0 Å². The van der Waals surface area contributed by atoms with Gasteiger partial charge in [0.25, 0.3) is 0 Å². The molecule has 2 aromatic rings. The molecule has 0 spiro atoms. The molecule has 2 nitrogen and oxygen atoms in total. The first kappa shape index (κ1) is 11.2. The van der Waals surface area contributed by atoms with Crippen molar-refractivity contribution < 1.29 is 0 Å². The van der Waals surface area contributed by atoms with Crippen molar-refractivity contribution in [2.45, 2.75) is 25.8 Å². The monoisotopic (exact) mass is 308 g/mol. The van der Waals surface area contributed by atoms with Crippen molar-refractivity contribution in [3.05, 3.63) is 44.2 Å². The van der Waals surface area contributed by atoms with E-state index in [9.17, 15) is 0 Å². The van der Waals surface area contributed by atoms with Crippen LogP contribution in [0.3, 0.4) is 0 Å². The number of aryl methyl sites for hydroxylation is 2. The minimum atomic E-state index is 0.881. The Morgan fingerprint density at radius 2 is 2.29 bits per heavy atom. The van der Waals surface area contributed by atoms with Crippen LogP contribution in [0.5, 0.6) is 0 Å². The first-order chi connectivity index (χ1) is 8.31. The smallest absolute Gasteiger partial charge is 0.126 e. The Bertz CT molecular complexity index is 497. The lowest BCUT2D eigenvalue weighted by Crippen LogP contribution is -1.99. The molecule has 1 N–H and O–H groups in total. The predicted molar refractivity (Wildman–Crippen MR) is 75.6 cm³/mol. The van der Waals surface area contributed by atoms with Crippen LogP contribution in [0.25, 0.3) is 0 Å². The summed E-state index contributed by atoms with van der Waals surface area (Å²) in [6.45, 7) is 0.881. The molecule has 0 unspecified atom stereocenters. The van der Waals surface area contributed by atoms with Crippen molar-refractivity contribution in [1.29, 1.82) is 0 Å². The molecule has 0 aromatic carbocycles. The number of halogens is 1. The molecule has 2 aromatic heterocycles. The molecule has 88 valence electrons. The van der Waals surface area contributed by atoms with E-state index in [4.69, 9.17) is 0 Å². The van der Waals surface area contributed by atoms with E-state index in [1.807, 2.05) is 29.7 Å². The highest BCUT2D eigenvalue weighted by atomic mass is 79.9. The highest BCUT2D eigenvalue weighted by Crippen LogP contribution is 2.30. The largest absolute Gasteiger partial charge is 0.365 e. The summed E-state index contributed by atoms with van der Waals surface area (Å²) in [4.78, 5) is 7.31. The van der Waals surface area contributed by atoms with E-state index in [1.165, 1.54) is 24.1 Å². The third-order valence-electron chi connectivity index (χ3n) is 2.97. The number of hydrogen-bond donors (Lipinski definition) is 1. The highest BCUT2D eigenvalue weighted by Gasteiger charge is 2.14. The summed E-state index contributed by atoms with van der Waals surface area (Å²) in [6, 6.07) is 6.34. The number of nitrogens with zero attached hydrogens (tertiary/aromatic N) is 1. The maximum atomic E-state index is 4.30. The number of rotatable bonds is 3. The fourth-order valence-corrected chi connectivity index (χ4v) is 3.57. The van der Waals surface area contributed by atoms with E-state index in [0.717, 1.165) is 16.8 Å². The molecule has 4 heteroatoms. The lowest BCUT2D eigenvalue weighted by atomic mass is 10.2. The lowest BCUT2D eigenvalue weighted by molar-refractivity contribution is 0.913. The molecule has 0 saturated carbocycles. The lowest BCUT2D eigenvalue weighted by Gasteiger charge is -2.03. The molecule has 17 heavy (non-hydrogen) atoms. The number of nitrogens with one attached hydrogen (secondary N) is 1. The van der Waals surface area contributed by atoms with Crippen LogP contribution in [0.2, 0.25) is 0 Å². The van der Waals surface area contributed by atoms with E-state index in [1.54, 1.807) is 10.4 Å².